The summed E-state index contributed by atoms with van der Waals surface area (Å²) in [4.78, 5) is 24.9. The van der Waals surface area contributed by atoms with Crippen molar-refractivity contribution in [1.82, 2.24) is 5.32 Å². The van der Waals surface area contributed by atoms with E-state index in [9.17, 15) is 9.59 Å². The van der Waals surface area contributed by atoms with Gasteiger partial charge in [0, 0.05) is 9.90 Å². The van der Waals surface area contributed by atoms with Crippen LogP contribution in [0.2, 0.25) is 5.02 Å². The second-order valence-electron chi connectivity index (χ2n) is 5.43. The molecule has 7 heteroatoms. The predicted octanol–water partition coefficient (Wildman–Crippen LogP) is 2.81. The van der Waals surface area contributed by atoms with E-state index in [1.165, 1.54) is 0 Å². The highest BCUT2D eigenvalue weighted by molar-refractivity contribution is 7.09. The van der Waals surface area contributed by atoms with Crippen LogP contribution in [0.1, 0.15) is 10.4 Å². The zero-order valence-corrected chi connectivity index (χ0v) is 14.4. The Kier molecular flexibility index (Phi) is 5.37. The SMILES string of the molecule is O=C(COC(=O)[C@H]1COc2ccc(Cl)cc2C1)NCc1cccs1. The zero-order chi connectivity index (χ0) is 16.9. The van der Waals surface area contributed by atoms with Crippen LogP contribution in [0.25, 0.3) is 0 Å². The summed E-state index contributed by atoms with van der Waals surface area (Å²) in [7, 11) is 0. The van der Waals surface area contributed by atoms with Gasteiger partial charge in [0.1, 0.15) is 12.4 Å². The average molecular weight is 366 g/mol. The molecular weight excluding hydrogens is 350 g/mol. The van der Waals surface area contributed by atoms with Gasteiger partial charge in [-0.15, -0.1) is 11.3 Å². The average Bonchev–Trinajstić information content (AvgIpc) is 3.10. The molecule has 1 aromatic heterocycles. The van der Waals surface area contributed by atoms with Crippen LogP contribution in [0.4, 0.5) is 0 Å². The van der Waals surface area contributed by atoms with Gasteiger partial charge in [0.15, 0.2) is 6.61 Å². The number of hydrogen-bond acceptors (Lipinski definition) is 5. The number of carbonyl (C=O) groups excluding carboxylic acids is 2. The molecule has 0 saturated heterocycles. The minimum Gasteiger partial charge on any atom is -0.492 e. The highest BCUT2D eigenvalue weighted by atomic mass is 35.5. The predicted molar refractivity (Wildman–Crippen MR) is 91.3 cm³/mol. The molecule has 1 aliphatic heterocycles. The summed E-state index contributed by atoms with van der Waals surface area (Å²) in [6.07, 6.45) is 0.492. The Balaban J connectivity index is 1.46. The van der Waals surface area contributed by atoms with Crippen LogP contribution in [-0.4, -0.2) is 25.1 Å². The van der Waals surface area contributed by atoms with Crippen LogP contribution >= 0.6 is 22.9 Å². The number of rotatable bonds is 5. The molecule has 0 saturated carbocycles. The molecule has 0 spiro atoms. The van der Waals surface area contributed by atoms with Gasteiger partial charge in [-0.3, -0.25) is 9.59 Å². The molecule has 1 amide bonds. The molecule has 1 aliphatic rings. The quantitative estimate of drug-likeness (QED) is 0.827. The highest BCUT2D eigenvalue weighted by Crippen LogP contribution is 2.30. The molecule has 0 bridgehead atoms. The van der Waals surface area contributed by atoms with Crippen LogP contribution in [0, 0.1) is 5.92 Å². The van der Waals surface area contributed by atoms with E-state index in [1.807, 2.05) is 17.5 Å². The van der Waals surface area contributed by atoms with Gasteiger partial charge >= 0.3 is 5.97 Å². The fraction of sp³-hybridized carbons (Fsp3) is 0.294. The standard InChI is InChI=1S/C17H16ClNO4S/c18-13-3-4-15-11(7-13)6-12(9-22-15)17(21)23-10-16(20)19-8-14-2-1-5-24-14/h1-5,7,12H,6,8-10H2,(H,19,20)/t12-/m1/s1. The fourth-order valence-corrected chi connectivity index (χ4v) is 3.26. The van der Waals surface area contributed by atoms with Gasteiger partial charge in [-0.05, 0) is 41.6 Å². The third kappa shape index (κ3) is 4.27. The number of amides is 1. The van der Waals surface area contributed by atoms with Gasteiger partial charge in [0.2, 0.25) is 0 Å². The third-order valence-electron chi connectivity index (χ3n) is 3.65. The Bertz CT molecular complexity index is 732. The molecule has 1 atom stereocenters. The Morgan fingerprint density at radius 3 is 3.04 bits per heavy atom. The van der Waals surface area contributed by atoms with E-state index < -0.39 is 11.9 Å². The minimum atomic E-state index is -0.438. The number of ether oxygens (including phenoxy) is 2. The number of hydrogen-bond donors (Lipinski definition) is 1. The first-order valence-corrected chi connectivity index (χ1v) is 8.74. The summed E-state index contributed by atoms with van der Waals surface area (Å²) in [6.45, 7) is 0.389. The Morgan fingerprint density at radius 2 is 2.25 bits per heavy atom. The first-order valence-electron chi connectivity index (χ1n) is 7.49. The number of esters is 1. The molecule has 126 valence electrons. The highest BCUT2D eigenvalue weighted by Gasteiger charge is 2.27. The second kappa shape index (κ2) is 7.68. The number of benzene rings is 1. The topological polar surface area (TPSA) is 64.6 Å². The molecule has 5 nitrogen and oxygen atoms in total. The van der Waals surface area contributed by atoms with Crippen molar-refractivity contribution in [2.24, 2.45) is 5.92 Å². The van der Waals surface area contributed by atoms with Gasteiger partial charge in [0.25, 0.3) is 5.91 Å². The molecule has 0 radical (unpaired) electrons. The van der Waals surface area contributed by atoms with E-state index in [4.69, 9.17) is 21.1 Å². The normalized spacial score (nSPS) is 16.0. The van der Waals surface area contributed by atoms with Gasteiger partial charge in [0.05, 0.1) is 12.5 Å². The zero-order valence-electron chi connectivity index (χ0n) is 12.8. The lowest BCUT2D eigenvalue weighted by Crippen LogP contribution is -2.33. The maximum atomic E-state index is 12.1. The van der Waals surface area contributed by atoms with Crippen LogP contribution in [0.3, 0.4) is 0 Å². The molecular formula is C17H16ClNO4S. The van der Waals surface area contributed by atoms with Gasteiger partial charge in [-0.25, -0.2) is 0 Å². The minimum absolute atomic E-state index is 0.240. The van der Waals surface area contributed by atoms with Crippen molar-refractivity contribution < 1.29 is 19.1 Å². The molecule has 24 heavy (non-hydrogen) atoms. The lowest BCUT2D eigenvalue weighted by molar-refractivity contribution is -0.153. The summed E-state index contributed by atoms with van der Waals surface area (Å²) in [5.41, 5.74) is 0.873. The summed E-state index contributed by atoms with van der Waals surface area (Å²) in [5.74, 6) is -0.456. The smallest absolute Gasteiger partial charge is 0.313 e. The van der Waals surface area contributed by atoms with Crippen molar-refractivity contribution in [3.05, 3.63) is 51.2 Å². The van der Waals surface area contributed by atoms with E-state index in [0.29, 0.717) is 18.0 Å². The molecule has 1 N–H and O–H groups in total. The maximum Gasteiger partial charge on any atom is 0.313 e. The monoisotopic (exact) mass is 365 g/mol. The van der Waals surface area contributed by atoms with Gasteiger partial charge in [-0.2, -0.15) is 0 Å². The van der Waals surface area contributed by atoms with Crippen molar-refractivity contribution >= 4 is 34.8 Å². The van der Waals surface area contributed by atoms with Gasteiger partial charge < -0.3 is 14.8 Å². The fourth-order valence-electron chi connectivity index (χ4n) is 2.42. The van der Waals surface area contributed by atoms with Crippen LogP contribution in [0.15, 0.2) is 35.7 Å². The Morgan fingerprint density at radius 1 is 1.38 bits per heavy atom. The van der Waals surface area contributed by atoms with Crippen molar-refractivity contribution in [2.75, 3.05) is 13.2 Å². The van der Waals surface area contributed by atoms with Crippen molar-refractivity contribution in [1.29, 1.82) is 0 Å². The first kappa shape index (κ1) is 16.8. The molecule has 0 unspecified atom stereocenters. The number of fused-ring (bicyclic) bond motifs is 1. The number of halogens is 1. The molecule has 0 fully saturated rings. The van der Waals surface area contributed by atoms with E-state index in [1.54, 1.807) is 29.5 Å². The molecule has 2 heterocycles. The third-order valence-corrected chi connectivity index (χ3v) is 4.76. The molecule has 0 aliphatic carbocycles. The summed E-state index contributed by atoms with van der Waals surface area (Å²) in [6, 6.07) is 9.16. The molecule has 2 aromatic rings. The lowest BCUT2D eigenvalue weighted by Gasteiger charge is -2.24. The van der Waals surface area contributed by atoms with Crippen molar-refractivity contribution in [3.8, 4) is 5.75 Å². The Labute approximate surface area is 148 Å². The second-order valence-corrected chi connectivity index (χ2v) is 6.90. The summed E-state index contributed by atoms with van der Waals surface area (Å²) in [5, 5.41) is 5.25. The van der Waals surface area contributed by atoms with Crippen LogP contribution in [-0.2, 0) is 27.3 Å². The van der Waals surface area contributed by atoms with E-state index >= 15 is 0 Å². The Hall–Kier alpha value is -2.05. The van der Waals surface area contributed by atoms with E-state index in [0.717, 1.165) is 16.2 Å². The van der Waals surface area contributed by atoms with Crippen molar-refractivity contribution in [2.45, 2.75) is 13.0 Å². The van der Waals surface area contributed by atoms with Crippen molar-refractivity contribution in [3.63, 3.8) is 0 Å². The first-order chi connectivity index (χ1) is 11.6. The maximum absolute atomic E-state index is 12.1. The largest absolute Gasteiger partial charge is 0.492 e. The summed E-state index contributed by atoms with van der Waals surface area (Å²) < 4.78 is 10.7. The van der Waals surface area contributed by atoms with Gasteiger partial charge in [-0.1, -0.05) is 17.7 Å². The molecule has 3 rings (SSSR count). The number of nitrogens with one attached hydrogen (secondary N) is 1. The number of carbonyl (C=O) groups is 2. The van der Waals surface area contributed by atoms with E-state index in [2.05, 4.69) is 5.32 Å². The number of thiophene rings is 1. The van der Waals surface area contributed by atoms with E-state index in [-0.39, 0.29) is 19.1 Å². The molecule has 1 aromatic carbocycles. The van der Waals surface area contributed by atoms with Crippen LogP contribution < -0.4 is 10.1 Å². The lowest BCUT2D eigenvalue weighted by atomic mass is 9.97. The summed E-state index contributed by atoms with van der Waals surface area (Å²) >= 11 is 7.52. The van der Waals surface area contributed by atoms with Crippen LogP contribution in [0.5, 0.6) is 5.75 Å².